The van der Waals surface area contributed by atoms with Gasteiger partial charge in [0, 0.05) is 30.7 Å². The van der Waals surface area contributed by atoms with Crippen LogP contribution < -0.4 is 21.8 Å². The Labute approximate surface area is 214 Å². The lowest BCUT2D eigenvalue weighted by Gasteiger charge is -2.22. The van der Waals surface area contributed by atoms with Gasteiger partial charge in [-0.05, 0) is 39.0 Å². The largest absolute Gasteiger partial charge is 0.493 e. The van der Waals surface area contributed by atoms with Gasteiger partial charge in [0.1, 0.15) is 40.5 Å². The highest BCUT2D eigenvalue weighted by Crippen LogP contribution is 2.27. The number of nitrogens with two attached hydrogens (primary N) is 2. The second-order valence-corrected chi connectivity index (χ2v) is 9.27. The number of ketones is 1. The van der Waals surface area contributed by atoms with Crippen molar-refractivity contribution in [3.8, 4) is 11.4 Å². The normalized spacial score (nSPS) is 12.2. The lowest BCUT2D eigenvalue weighted by Crippen LogP contribution is -2.38. The third kappa shape index (κ3) is 6.38. The van der Waals surface area contributed by atoms with Gasteiger partial charge >= 0.3 is 5.97 Å². The Morgan fingerprint density at radius 3 is 2.13 bits per heavy atom. The minimum absolute atomic E-state index is 0.0174. The van der Waals surface area contributed by atoms with E-state index in [1.165, 1.54) is 0 Å². The first-order valence-corrected chi connectivity index (χ1v) is 11.3. The maximum absolute atomic E-state index is 15.0. The minimum atomic E-state index is -1.26. The molecule has 1 unspecified atom stereocenters. The van der Waals surface area contributed by atoms with Crippen molar-refractivity contribution in [2.75, 3.05) is 12.3 Å². The fourth-order valence-corrected chi connectivity index (χ4v) is 3.43. The molecular weight excluding hydrogens is 510 g/mol. The molecule has 0 radical (unpaired) electrons. The number of ether oxygens (including phenoxy) is 2. The highest BCUT2D eigenvalue weighted by molar-refractivity contribution is 6.11. The number of carbonyl (C=O) groups excluding carboxylic acids is 2. The fraction of sp³-hybridized carbons (Fsp3) is 0.269. The molecule has 0 spiro atoms. The van der Waals surface area contributed by atoms with Gasteiger partial charge in [0.05, 0.1) is 17.7 Å². The Bertz CT molecular complexity index is 1430. The van der Waals surface area contributed by atoms with E-state index in [1.807, 2.05) is 0 Å². The number of halogens is 4. The molecule has 1 heterocycles. The summed E-state index contributed by atoms with van der Waals surface area (Å²) in [6.45, 7) is 4.83. The summed E-state index contributed by atoms with van der Waals surface area (Å²) in [6.07, 6.45) is -0.0174. The summed E-state index contributed by atoms with van der Waals surface area (Å²) >= 11 is 0. The van der Waals surface area contributed by atoms with E-state index in [0.29, 0.717) is 10.6 Å². The maximum Gasteiger partial charge on any atom is 0.323 e. The van der Waals surface area contributed by atoms with Crippen molar-refractivity contribution in [1.29, 1.82) is 0 Å². The average molecular weight is 535 g/mol. The number of pyridine rings is 1. The fourth-order valence-electron chi connectivity index (χ4n) is 3.43. The molecule has 38 heavy (non-hydrogen) atoms. The van der Waals surface area contributed by atoms with E-state index in [4.69, 9.17) is 20.9 Å². The van der Waals surface area contributed by atoms with Crippen molar-refractivity contribution in [2.45, 2.75) is 38.8 Å². The molecule has 2 aromatic carbocycles. The molecule has 8 nitrogen and oxygen atoms in total. The molecule has 0 amide bonds. The summed E-state index contributed by atoms with van der Waals surface area (Å²) in [6, 6.07) is 4.53. The molecule has 0 fully saturated rings. The number of rotatable bonds is 8. The number of anilines is 1. The van der Waals surface area contributed by atoms with Crippen LogP contribution in [-0.2, 0) is 9.53 Å². The molecule has 1 atom stereocenters. The van der Waals surface area contributed by atoms with Crippen molar-refractivity contribution in [2.24, 2.45) is 5.73 Å². The van der Waals surface area contributed by atoms with Gasteiger partial charge in [-0.3, -0.25) is 19.0 Å². The number of aromatic nitrogens is 1. The van der Waals surface area contributed by atoms with E-state index in [-0.39, 0.29) is 18.8 Å². The van der Waals surface area contributed by atoms with Gasteiger partial charge in [0.25, 0.3) is 5.56 Å². The van der Waals surface area contributed by atoms with Gasteiger partial charge in [0.15, 0.2) is 17.4 Å². The van der Waals surface area contributed by atoms with Crippen molar-refractivity contribution in [3.05, 3.63) is 87.2 Å². The summed E-state index contributed by atoms with van der Waals surface area (Å²) < 4.78 is 68.2. The minimum Gasteiger partial charge on any atom is -0.493 e. The topological polar surface area (TPSA) is 127 Å². The molecule has 1 aromatic heterocycles. The smallest absolute Gasteiger partial charge is 0.323 e. The quantitative estimate of drug-likeness (QED) is 0.256. The van der Waals surface area contributed by atoms with Crippen LogP contribution in [0.4, 0.5) is 23.4 Å². The van der Waals surface area contributed by atoms with Crippen LogP contribution in [-0.4, -0.2) is 34.6 Å². The van der Waals surface area contributed by atoms with Crippen LogP contribution in [0.25, 0.3) is 5.69 Å². The monoisotopic (exact) mass is 535 g/mol. The van der Waals surface area contributed by atoms with Gasteiger partial charge in [0.2, 0.25) is 0 Å². The number of nitrogen functional groups attached to an aromatic ring is 1. The number of carbonyl (C=O) groups is 2. The zero-order chi connectivity index (χ0) is 28.4. The lowest BCUT2D eigenvalue weighted by atomic mass is 10.0. The Balaban J connectivity index is 1.87. The molecule has 0 bridgehead atoms. The summed E-state index contributed by atoms with van der Waals surface area (Å²) in [7, 11) is 0. The Kier molecular flexibility index (Phi) is 8.25. The molecule has 3 aromatic rings. The molecule has 12 heteroatoms. The highest BCUT2D eigenvalue weighted by atomic mass is 19.1. The van der Waals surface area contributed by atoms with E-state index >= 15 is 8.78 Å². The number of benzene rings is 2. The molecule has 0 saturated carbocycles. The molecule has 0 saturated heterocycles. The zero-order valence-electron chi connectivity index (χ0n) is 20.7. The van der Waals surface area contributed by atoms with Crippen LogP contribution in [0.3, 0.4) is 0 Å². The maximum atomic E-state index is 15.0. The summed E-state index contributed by atoms with van der Waals surface area (Å²) in [5.74, 6) is -7.26. The van der Waals surface area contributed by atoms with Gasteiger partial charge in [-0.25, -0.2) is 17.6 Å². The van der Waals surface area contributed by atoms with Crippen molar-refractivity contribution in [1.82, 2.24) is 4.57 Å². The third-order valence-corrected chi connectivity index (χ3v) is 5.17. The highest BCUT2D eigenvalue weighted by Gasteiger charge is 2.24. The molecule has 3 rings (SSSR count). The second kappa shape index (κ2) is 11.1. The molecular formula is C26H25F4N3O5. The lowest BCUT2D eigenvalue weighted by molar-refractivity contribution is -0.156. The van der Waals surface area contributed by atoms with E-state index in [9.17, 15) is 23.2 Å². The molecule has 0 aliphatic carbocycles. The standard InChI is InChI=1S/C26H25F4N3O5/c1-26(2,3)38-25(36)20(31)8-9-37-14-11-18(29)22(19(30)12-14)33-21(34)7-6-16(24(33)32)23(35)15-5-4-13(27)10-17(15)28/h4-7,10-12,20H,8-9,31-32H2,1-3H3. The Morgan fingerprint density at radius 2 is 1.55 bits per heavy atom. The van der Waals surface area contributed by atoms with Crippen LogP contribution in [0.15, 0.2) is 47.3 Å². The average Bonchev–Trinajstić information content (AvgIpc) is 2.79. The number of nitrogens with zero attached hydrogens (tertiary/aromatic N) is 1. The van der Waals surface area contributed by atoms with Gasteiger partial charge in [-0.2, -0.15) is 0 Å². The first-order chi connectivity index (χ1) is 17.7. The SMILES string of the molecule is CC(C)(C)OC(=O)C(N)CCOc1cc(F)c(-n2c(N)c(C(=O)c3ccc(F)cc3F)ccc2=O)c(F)c1. The predicted molar refractivity (Wildman–Crippen MR) is 130 cm³/mol. The van der Waals surface area contributed by atoms with Crippen LogP contribution in [0.5, 0.6) is 5.75 Å². The van der Waals surface area contributed by atoms with Gasteiger partial charge < -0.3 is 20.9 Å². The Hall–Kier alpha value is -4.19. The van der Waals surface area contributed by atoms with Crippen molar-refractivity contribution in [3.63, 3.8) is 0 Å². The van der Waals surface area contributed by atoms with Crippen LogP contribution >= 0.6 is 0 Å². The summed E-state index contributed by atoms with van der Waals surface area (Å²) in [5.41, 5.74) is 8.05. The van der Waals surface area contributed by atoms with Gasteiger partial charge in [-0.1, -0.05) is 0 Å². The molecule has 4 N–H and O–H groups in total. The second-order valence-electron chi connectivity index (χ2n) is 9.27. The zero-order valence-corrected chi connectivity index (χ0v) is 20.7. The third-order valence-electron chi connectivity index (χ3n) is 5.17. The first-order valence-electron chi connectivity index (χ1n) is 11.3. The van der Waals surface area contributed by atoms with E-state index < -0.39 is 74.9 Å². The summed E-state index contributed by atoms with van der Waals surface area (Å²) in [4.78, 5) is 37.2. The van der Waals surface area contributed by atoms with Gasteiger partial charge in [-0.15, -0.1) is 0 Å². The molecule has 0 aliphatic rings. The first kappa shape index (κ1) is 28.4. The number of esters is 1. The van der Waals surface area contributed by atoms with Crippen LogP contribution in [0.1, 0.15) is 43.1 Å². The van der Waals surface area contributed by atoms with E-state index in [0.717, 1.165) is 36.4 Å². The molecule has 0 aliphatic heterocycles. The van der Waals surface area contributed by atoms with E-state index in [1.54, 1.807) is 20.8 Å². The predicted octanol–water partition coefficient (Wildman–Crippen LogP) is 3.65. The number of hydrogen-bond donors (Lipinski definition) is 2. The summed E-state index contributed by atoms with van der Waals surface area (Å²) in [5, 5.41) is 0. The van der Waals surface area contributed by atoms with Crippen molar-refractivity contribution < 1.29 is 36.6 Å². The van der Waals surface area contributed by atoms with Crippen molar-refractivity contribution >= 4 is 17.6 Å². The Morgan fingerprint density at radius 1 is 0.947 bits per heavy atom. The van der Waals surface area contributed by atoms with E-state index in [2.05, 4.69) is 0 Å². The van der Waals surface area contributed by atoms with Crippen LogP contribution in [0.2, 0.25) is 0 Å². The van der Waals surface area contributed by atoms with Crippen LogP contribution in [0, 0.1) is 23.3 Å². The number of hydrogen-bond acceptors (Lipinski definition) is 7. The molecule has 202 valence electrons.